The molecule has 0 aliphatic rings. The topological polar surface area (TPSA) is 121 Å². The molecule has 1 aromatic rings. The van der Waals surface area contributed by atoms with Crippen LogP contribution in [0, 0.1) is 0 Å². The second kappa shape index (κ2) is 10.7. The molecule has 0 bridgehead atoms. The van der Waals surface area contributed by atoms with Gasteiger partial charge in [0.1, 0.15) is 5.60 Å². The molecule has 1 aromatic heterocycles. The molecule has 1 heterocycles. The van der Waals surface area contributed by atoms with Crippen molar-refractivity contribution in [1.29, 1.82) is 0 Å². The zero-order chi connectivity index (χ0) is 19.6. The number of carboxylic acid groups (broad SMARTS) is 1. The van der Waals surface area contributed by atoms with Gasteiger partial charge in [-0.3, -0.25) is 4.98 Å². The van der Waals surface area contributed by atoms with Gasteiger partial charge in [-0.2, -0.15) is 0 Å². The van der Waals surface area contributed by atoms with Crippen molar-refractivity contribution in [2.75, 3.05) is 13.2 Å². The predicted octanol–water partition coefficient (Wildman–Crippen LogP) is 1.93. The molecule has 0 spiro atoms. The maximum atomic E-state index is 11.5. The first-order valence-electron chi connectivity index (χ1n) is 8.70. The lowest BCUT2D eigenvalue weighted by Gasteiger charge is -2.20. The van der Waals surface area contributed by atoms with Crippen LogP contribution in [-0.4, -0.2) is 52.1 Å². The number of aliphatic hydroxyl groups is 1. The van der Waals surface area contributed by atoms with E-state index in [4.69, 9.17) is 9.84 Å². The predicted molar refractivity (Wildman–Crippen MR) is 97.0 cm³/mol. The van der Waals surface area contributed by atoms with Crippen LogP contribution in [0.1, 0.15) is 56.1 Å². The van der Waals surface area contributed by atoms with Gasteiger partial charge in [0.2, 0.25) is 0 Å². The minimum absolute atomic E-state index is 0.0296. The Bertz CT molecular complexity index is 586. The smallest absolute Gasteiger partial charge is 0.407 e. The van der Waals surface area contributed by atoms with E-state index < -0.39 is 17.7 Å². The Hall–Kier alpha value is -2.19. The summed E-state index contributed by atoms with van der Waals surface area (Å²) in [5, 5.41) is 24.3. The van der Waals surface area contributed by atoms with Gasteiger partial charge >= 0.3 is 12.1 Å². The highest BCUT2D eigenvalue weighted by Gasteiger charge is 2.15. The van der Waals surface area contributed by atoms with Crippen molar-refractivity contribution in [2.45, 2.75) is 58.2 Å². The summed E-state index contributed by atoms with van der Waals surface area (Å²) in [7, 11) is 0. The number of pyridine rings is 1. The fraction of sp³-hybridized carbons (Fsp3) is 0.611. The van der Waals surface area contributed by atoms with E-state index in [1.807, 2.05) is 20.8 Å². The molecule has 26 heavy (non-hydrogen) atoms. The van der Waals surface area contributed by atoms with Crippen molar-refractivity contribution >= 4 is 12.1 Å². The average Bonchev–Trinajstić information content (AvgIpc) is 2.56. The van der Waals surface area contributed by atoms with Crippen molar-refractivity contribution < 1.29 is 24.5 Å². The summed E-state index contributed by atoms with van der Waals surface area (Å²) in [5.41, 5.74) is 0.280. The van der Waals surface area contributed by atoms with E-state index in [0.717, 1.165) is 19.3 Å². The molecular weight excluding hydrogens is 338 g/mol. The molecule has 8 heteroatoms. The van der Waals surface area contributed by atoms with Crippen LogP contribution >= 0.6 is 0 Å². The summed E-state index contributed by atoms with van der Waals surface area (Å²) < 4.78 is 5.15. The first kappa shape index (κ1) is 21.9. The molecule has 0 aromatic carbocycles. The zero-order valence-electron chi connectivity index (χ0n) is 15.6. The van der Waals surface area contributed by atoms with Crippen LogP contribution in [0.2, 0.25) is 0 Å². The third kappa shape index (κ3) is 9.33. The maximum Gasteiger partial charge on any atom is 0.407 e. The SMILES string of the molecule is CC(C)(C)OC(=O)NCCCC[C@@H](CO)NCc1cc(C(=O)O)ccn1. The minimum atomic E-state index is -0.996. The minimum Gasteiger partial charge on any atom is -0.478 e. The second-order valence-corrected chi connectivity index (χ2v) is 7.03. The van der Waals surface area contributed by atoms with Crippen LogP contribution in [0.4, 0.5) is 4.79 Å². The number of unbranched alkanes of at least 4 members (excludes halogenated alkanes) is 1. The third-order valence-corrected chi connectivity index (χ3v) is 3.50. The number of alkyl carbamates (subject to hydrolysis) is 1. The molecule has 1 amide bonds. The Morgan fingerprint density at radius 3 is 2.65 bits per heavy atom. The third-order valence-electron chi connectivity index (χ3n) is 3.50. The van der Waals surface area contributed by atoms with Crippen molar-refractivity contribution in [1.82, 2.24) is 15.6 Å². The number of carbonyl (C=O) groups is 2. The lowest BCUT2D eigenvalue weighted by molar-refractivity contribution is 0.0526. The van der Waals surface area contributed by atoms with Crippen LogP contribution in [0.5, 0.6) is 0 Å². The summed E-state index contributed by atoms with van der Waals surface area (Å²) in [4.78, 5) is 26.6. The van der Waals surface area contributed by atoms with Crippen molar-refractivity contribution in [2.24, 2.45) is 0 Å². The Labute approximate surface area is 154 Å². The second-order valence-electron chi connectivity index (χ2n) is 7.03. The van der Waals surface area contributed by atoms with Gasteiger partial charge in [0.05, 0.1) is 17.9 Å². The molecule has 0 aliphatic heterocycles. The van der Waals surface area contributed by atoms with Crippen LogP contribution in [0.3, 0.4) is 0 Å². The van der Waals surface area contributed by atoms with E-state index >= 15 is 0 Å². The van der Waals surface area contributed by atoms with Crippen molar-refractivity contribution in [3.8, 4) is 0 Å². The Kier molecular flexibility index (Phi) is 9.01. The van der Waals surface area contributed by atoms with Gasteiger partial charge in [0, 0.05) is 25.3 Å². The van der Waals surface area contributed by atoms with E-state index in [1.165, 1.54) is 18.3 Å². The van der Waals surface area contributed by atoms with Crippen LogP contribution in [0.15, 0.2) is 18.3 Å². The van der Waals surface area contributed by atoms with Crippen LogP contribution < -0.4 is 10.6 Å². The number of hydrogen-bond acceptors (Lipinski definition) is 6. The maximum absolute atomic E-state index is 11.5. The van der Waals surface area contributed by atoms with E-state index in [9.17, 15) is 14.7 Å². The number of amides is 1. The Balaban J connectivity index is 2.26. The fourth-order valence-electron chi connectivity index (χ4n) is 2.24. The Morgan fingerprint density at radius 2 is 2.04 bits per heavy atom. The van der Waals surface area contributed by atoms with Gasteiger partial charge in [-0.15, -0.1) is 0 Å². The molecule has 146 valence electrons. The number of carbonyl (C=O) groups excluding carboxylic acids is 1. The lowest BCUT2D eigenvalue weighted by Crippen LogP contribution is -2.34. The highest BCUT2D eigenvalue weighted by Crippen LogP contribution is 2.07. The molecule has 1 rings (SSSR count). The first-order chi connectivity index (χ1) is 12.2. The van der Waals surface area contributed by atoms with Crippen LogP contribution in [-0.2, 0) is 11.3 Å². The number of aromatic carboxylic acids is 1. The van der Waals surface area contributed by atoms with Crippen LogP contribution in [0.25, 0.3) is 0 Å². The van der Waals surface area contributed by atoms with Gasteiger partial charge in [0.15, 0.2) is 0 Å². The van der Waals surface area contributed by atoms with E-state index in [1.54, 1.807) is 0 Å². The van der Waals surface area contributed by atoms with E-state index in [0.29, 0.717) is 18.8 Å². The monoisotopic (exact) mass is 367 g/mol. The molecular formula is C18H29N3O5. The molecule has 0 radical (unpaired) electrons. The molecule has 0 saturated heterocycles. The Morgan fingerprint density at radius 1 is 1.31 bits per heavy atom. The van der Waals surface area contributed by atoms with Gasteiger partial charge in [-0.05, 0) is 45.7 Å². The van der Waals surface area contributed by atoms with Gasteiger partial charge in [0.25, 0.3) is 0 Å². The first-order valence-corrected chi connectivity index (χ1v) is 8.70. The average molecular weight is 367 g/mol. The van der Waals surface area contributed by atoms with Gasteiger partial charge in [-0.25, -0.2) is 9.59 Å². The van der Waals surface area contributed by atoms with Crippen molar-refractivity contribution in [3.05, 3.63) is 29.6 Å². The molecule has 0 fully saturated rings. The number of rotatable bonds is 10. The number of hydrogen-bond donors (Lipinski definition) is 4. The van der Waals surface area contributed by atoms with Gasteiger partial charge in [-0.1, -0.05) is 6.42 Å². The fourth-order valence-corrected chi connectivity index (χ4v) is 2.24. The summed E-state index contributed by atoms with van der Waals surface area (Å²) >= 11 is 0. The zero-order valence-corrected chi connectivity index (χ0v) is 15.6. The van der Waals surface area contributed by atoms with Crippen molar-refractivity contribution in [3.63, 3.8) is 0 Å². The number of carboxylic acids is 1. The normalized spacial score (nSPS) is 12.5. The molecule has 0 saturated carbocycles. The number of nitrogens with zero attached hydrogens (tertiary/aromatic N) is 1. The largest absolute Gasteiger partial charge is 0.478 e. The molecule has 8 nitrogen and oxygen atoms in total. The standard InChI is InChI=1S/C18H29N3O5/c1-18(2,3)26-17(25)20-8-5-4-6-14(12-22)21-11-15-10-13(16(23)24)7-9-19-15/h7,9-10,14,21-22H,4-6,8,11-12H2,1-3H3,(H,20,25)(H,23,24)/t14-/m0/s1. The quantitative estimate of drug-likeness (QED) is 0.466. The van der Waals surface area contributed by atoms with E-state index in [2.05, 4.69) is 15.6 Å². The number of aliphatic hydroxyl groups excluding tert-OH is 1. The highest BCUT2D eigenvalue weighted by atomic mass is 16.6. The molecule has 0 aliphatic carbocycles. The lowest BCUT2D eigenvalue weighted by atomic mass is 10.1. The highest BCUT2D eigenvalue weighted by molar-refractivity contribution is 5.87. The molecule has 0 unspecified atom stereocenters. The summed E-state index contributed by atoms with van der Waals surface area (Å²) in [6.45, 7) is 6.29. The molecule has 1 atom stereocenters. The summed E-state index contributed by atoms with van der Waals surface area (Å²) in [6.07, 6.45) is 3.33. The molecule has 4 N–H and O–H groups in total. The summed E-state index contributed by atoms with van der Waals surface area (Å²) in [5.74, 6) is -0.996. The number of ether oxygens (including phenoxy) is 1. The van der Waals surface area contributed by atoms with E-state index in [-0.39, 0.29) is 18.2 Å². The van der Waals surface area contributed by atoms with Gasteiger partial charge < -0.3 is 25.6 Å². The number of aromatic nitrogens is 1. The summed E-state index contributed by atoms with van der Waals surface area (Å²) in [6, 6.07) is 2.83. The number of nitrogens with one attached hydrogen (secondary N) is 2.